The van der Waals surface area contributed by atoms with Crippen LogP contribution in [0.1, 0.15) is 41.0 Å². The Balaban J connectivity index is 2.29. The van der Waals surface area contributed by atoms with Crippen LogP contribution in [-0.2, 0) is 0 Å². The minimum Gasteiger partial charge on any atom is -0.302 e. The second-order valence-electron chi connectivity index (χ2n) is 4.86. The predicted molar refractivity (Wildman–Crippen MR) is 73.1 cm³/mol. The van der Waals surface area contributed by atoms with Crippen LogP contribution in [0.3, 0.4) is 0 Å². The molecule has 1 aliphatic rings. The third kappa shape index (κ3) is 2.44. The fraction of sp³-hybridized carbons (Fsp3) is 0.571. The molecule has 0 radical (unpaired) electrons. The summed E-state index contributed by atoms with van der Waals surface area (Å²) in [5.41, 5.74) is 5.69. The maximum Gasteiger partial charge on any atom is 0.0794 e. The molecule has 1 aromatic rings. The van der Waals surface area contributed by atoms with Crippen LogP contribution in [0.25, 0.3) is 0 Å². The first-order chi connectivity index (χ1) is 7.58. The number of hydrogen-bond acceptors (Lipinski definition) is 2. The maximum atomic E-state index is 3.62. The lowest BCUT2D eigenvalue weighted by atomic mass is 10.0. The molecule has 0 aliphatic carbocycles. The summed E-state index contributed by atoms with van der Waals surface area (Å²) in [5.74, 6) is 0. The van der Waals surface area contributed by atoms with E-state index in [0.29, 0.717) is 5.37 Å². The van der Waals surface area contributed by atoms with Gasteiger partial charge in [0.05, 0.1) is 5.37 Å². The third-order valence-electron chi connectivity index (χ3n) is 3.41. The highest BCUT2D eigenvalue weighted by Crippen LogP contribution is 2.36. The normalized spacial score (nSPS) is 25.8. The van der Waals surface area contributed by atoms with Gasteiger partial charge in [-0.05, 0) is 56.0 Å². The Kier molecular flexibility index (Phi) is 3.60. The lowest BCUT2D eigenvalue weighted by Crippen LogP contribution is -2.29. The van der Waals surface area contributed by atoms with E-state index in [1.807, 2.05) is 0 Å². The Morgan fingerprint density at radius 1 is 1.12 bits per heavy atom. The number of thioether (sulfide) groups is 1. The standard InChI is InChI=1S/C14H21NS/c1-9-7-11(3)13(8-10(9)2)14-15-6-5-12(4)16-14/h7-8,12,14-15H,5-6H2,1-4H3. The molecule has 16 heavy (non-hydrogen) atoms. The summed E-state index contributed by atoms with van der Waals surface area (Å²) in [5, 5.41) is 4.88. The van der Waals surface area contributed by atoms with Crippen molar-refractivity contribution in [1.82, 2.24) is 5.32 Å². The van der Waals surface area contributed by atoms with Crippen molar-refractivity contribution < 1.29 is 0 Å². The molecule has 1 aromatic carbocycles. The molecule has 88 valence electrons. The highest BCUT2D eigenvalue weighted by molar-refractivity contribution is 8.00. The Labute approximate surface area is 103 Å². The monoisotopic (exact) mass is 235 g/mol. The highest BCUT2D eigenvalue weighted by Gasteiger charge is 2.21. The van der Waals surface area contributed by atoms with Gasteiger partial charge in [-0.15, -0.1) is 11.8 Å². The number of hydrogen-bond donors (Lipinski definition) is 1. The molecule has 1 nitrogen and oxygen atoms in total. The van der Waals surface area contributed by atoms with Crippen molar-refractivity contribution in [2.45, 2.75) is 44.7 Å². The maximum absolute atomic E-state index is 3.62. The number of benzene rings is 1. The lowest BCUT2D eigenvalue weighted by Gasteiger charge is -2.29. The van der Waals surface area contributed by atoms with Crippen molar-refractivity contribution in [2.75, 3.05) is 6.54 Å². The van der Waals surface area contributed by atoms with Crippen LogP contribution >= 0.6 is 11.8 Å². The van der Waals surface area contributed by atoms with Crippen LogP contribution in [0.2, 0.25) is 0 Å². The van der Waals surface area contributed by atoms with Gasteiger partial charge in [-0.2, -0.15) is 0 Å². The van der Waals surface area contributed by atoms with Gasteiger partial charge in [0.25, 0.3) is 0 Å². The fourth-order valence-electron chi connectivity index (χ4n) is 2.21. The molecule has 1 heterocycles. The zero-order chi connectivity index (χ0) is 11.7. The first kappa shape index (κ1) is 12.0. The van der Waals surface area contributed by atoms with Gasteiger partial charge in [-0.1, -0.05) is 19.1 Å². The lowest BCUT2D eigenvalue weighted by molar-refractivity contribution is 0.603. The van der Waals surface area contributed by atoms with E-state index in [2.05, 4.69) is 56.9 Å². The van der Waals surface area contributed by atoms with Crippen LogP contribution in [0, 0.1) is 20.8 Å². The average Bonchev–Trinajstić information content (AvgIpc) is 2.23. The summed E-state index contributed by atoms with van der Waals surface area (Å²) >= 11 is 2.06. The molecule has 0 saturated carbocycles. The summed E-state index contributed by atoms with van der Waals surface area (Å²) in [7, 11) is 0. The van der Waals surface area contributed by atoms with Gasteiger partial charge in [-0.25, -0.2) is 0 Å². The Hall–Kier alpha value is -0.470. The van der Waals surface area contributed by atoms with Crippen LogP contribution < -0.4 is 5.32 Å². The van der Waals surface area contributed by atoms with Crippen molar-refractivity contribution in [3.63, 3.8) is 0 Å². The SMILES string of the molecule is Cc1cc(C)c(C2NCCC(C)S2)cc1C. The van der Waals surface area contributed by atoms with Gasteiger partial charge >= 0.3 is 0 Å². The second-order valence-corrected chi connectivity index (χ2v) is 6.41. The molecular formula is C14H21NS. The Morgan fingerprint density at radius 3 is 2.50 bits per heavy atom. The van der Waals surface area contributed by atoms with Crippen LogP contribution in [0.4, 0.5) is 0 Å². The molecule has 0 bridgehead atoms. The van der Waals surface area contributed by atoms with Gasteiger partial charge in [-0.3, -0.25) is 0 Å². The molecule has 0 spiro atoms. The van der Waals surface area contributed by atoms with Gasteiger partial charge in [0.15, 0.2) is 0 Å². The average molecular weight is 235 g/mol. The van der Waals surface area contributed by atoms with Crippen molar-refractivity contribution in [1.29, 1.82) is 0 Å². The van der Waals surface area contributed by atoms with E-state index < -0.39 is 0 Å². The molecule has 2 atom stereocenters. The van der Waals surface area contributed by atoms with Gasteiger partial charge in [0, 0.05) is 5.25 Å². The number of aryl methyl sites for hydroxylation is 3. The van der Waals surface area contributed by atoms with E-state index in [4.69, 9.17) is 0 Å². The van der Waals surface area contributed by atoms with Crippen molar-refractivity contribution >= 4 is 11.8 Å². The fourth-order valence-corrected chi connectivity index (χ4v) is 3.55. The van der Waals surface area contributed by atoms with Crippen molar-refractivity contribution in [2.24, 2.45) is 0 Å². The van der Waals surface area contributed by atoms with E-state index in [0.717, 1.165) is 11.8 Å². The van der Waals surface area contributed by atoms with Crippen molar-refractivity contribution in [3.05, 3.63) is 34.4 Å². The topological polar surface area (TPSA) is 12.0 Å². The first-order valence-electron chi connectivity index (χ1n) is 6.04. The quantitative estimate of drug-likeness (QED) is 0.796. The molecule has 1 aliphatic heterocycles. The molecular weight excluding hydrogens is 214 g/mol. The van der Waals surface area contributed by atoms with Gasteiger partial charge < -0.3 is 5.32 Å². The van der Waals surface area contributed by atoms with Gasteiger partial charge in [0.2, 0.25) is 0 Å². The summed E-state index contributed by atoms with van der Waals surface area (Å²) in [6.07, 6.45) is 1.28. The second kappa shape index (κ2) is 4.80. The van der Waals surface area contributed by atoms with E-state index in [1.165, 1.54) is 28.7 Å². The number of nitrogens with one attached hydrogen (secondary N) is 1. The minimum atomic E-state index is 0.489. The van der Waals surface area contributed by atoms with Crippen molar-refractivity contribution in [3.8, 4) is 0 Å². The molecule has 0 amide bonds. The summed E-state index contributed by atoms with van der Waals surface area (Å²) in [4.78, 5) is 0. The van der Waals surface area contributed by atoms with E-state index in [1.54, 1.807) is 0 Å². The van der Waals surface area contributed by atoms with E-state index >= 15 is 0 Å². The summed E-state index contributed by atoms with van der Waals surface area (Å²) < 4.78 is 0. The molecule has 2 rings (SSSR count). The Bertz CT molecular complexity index is 387. The van der Waals surface area contributed by atoms with Crippen LogP contribution in [0.15, 0.2) is 12.1 Å². The molecule has 2 heteroatoms. The summed E-state index contributed by atoms with van der Waals surface area (Å²) in [6.45, 7) is 10.1. The largest absolute Gasteiger partial charge is 0.302 e. The minimum absolute atomic E-state index is 0.489. The highest BCUT2D eigenvalue weighted by atomic mass is 32.2. The molecule has 1 fully saturated rings. The summed E-state index contributed by atoms with van der Waals surface area (Å²) in [6, 6.07) is 4.67. The smallest absolute Gasteiger partial charge is 0.0794 e. The third-order valence-corrected chi connectivity index (χ3v) is 4.81. The zero-order valence-corrected chi connectivity index (χ0v) is 11.4. The predicted octanol–water partition coefficient (Wildman–Crippen LogP) is 3.73. The molecule has 2 unspecified atom stereocenters. The van der Waals surface area contributed by atoms with E-state index in [-0.39, 0.29) is 0 Å². The van der Waals surface area contributed by atoms with Gasteiger partial charge in [0.1, 0.15) is 0 Å². The molecule has 0 aromatic heterocycles. The van der Waals surface area contributed by atoms with E-state index in [9.17, 15) is 0 Å². The van der Waals surface area contributed by atoms with Crippen LogP contribution in [-0.4, -0.2) is 11.8 Å². The number of rotatable bonds is 1. The molecule has 1 N–H and O–H groups in total. The molecule has 1 saturated heterocycles. The van der Waals surface area contributed by atoms with Crippen LogP contribution in [0.5, 0.6) is 0 Å². The zero-order valence-electron chi connectivity index (χ0n) is 10.6. The Morgan fingerprint density at radius 2 is 1.81 bits per heavy atom. The first-order valence-corrected chi connectivity index (χ1v) is 6.99.